The average molecular weight is 237 g/mol. The summed E-state index contributed by atoms with van der Waals surface area (Å²) in [6.45, 7) is 11.7. The molecule has 2 heteroatoms. The number of carbonyl (C=O) groups is 1. The Hall–Kier alpha value is -0.530. The topological polar surface area (TPSA) is 29.1 Å². The predicted octanol–water partition coefficient (Wildman–Crippen LogP) is 3.51. The molecule has 1 aliphatic heterocycles. The fourth-order valence-corrected chi connectivity index (χ4v) is 5.14. The van der Waals surface area contributed by atoms with Crippen LogP contribution in [-0.4, -0.2) is 11.9 Å². The molecule has 2 nitrogen and oxygen atoms in total. The lowest BCUT2D eigenvalue weighted by molar-refractivity contribution is -0.120. The molecule has 1 aliphatic carbocycles. The SMILES string of the molecule is CCC1NC(=O)CC12CC(C)(C)CC(C)(C)C2. The summed E-state index contributed by atoms with van der Waals surface area (Å²) >= 11 is 0. The van der Waals surface area contributed by atoms with Gasteiger partial charge in [-0.25, -0.2) is 0 Å². The van der Waals surface area contributed by atoms with Crippen LogP contribution in [0.2, 0.25) is 0 Å². The Bertz CT molecular complexity index is 314. The molecule has 98 valence electrons. The van der Waals surface area contributed by atoms with Gasteiger partial charge in [0.15, 0.2) is 0 Å². The summed E-state index contributed by atoms with van der Waals surface area (Å²) in [6, 6.07) is 0.397. The standard InChI is InChI=1S/C15H27NO/c1-6-11-15(7-12(17)16-11)9-13(2,3)8-14(4,5)10-15/h11H,6-10H2,1-5H3,(H,16,17). The van der Waals surface area contributed by atoms with E-state index in [1.807, 2.05) is 0 Å². The predicted molar refractivity (Wildman–Crippen MR) is 70.7 cm³/mol. The second kappa shape index (κ2) is 3.73. The van der Waals surface area contributed by atoms with Crippen LogP contribution < -0.4 is 5.32 Å². The van der Waals surface area contributed by atoms with Crippen LogP contribution in [0.4, 0.5) is 0 Å². The van der Waals surface area contributed by atoms with Gasteiger partial charge in [0, 0.05) is 17.9 Å². The number of carbonyl (C=O) groups excluding carboxylic acids is 1. The molecule has 0 aromatic rings. The second-order valence-corrected chi connectivity index (χ2v) is 7.93. The van der Waals surface area contributed by atoms with E-state index in [0.717, 1.165) is 12.8 Å². The molecule has 1 N–H and O–H groups in total. The first kappa shape index (κ1) is 12.9. The van der Waals surface area contributed by atoms with Crippen molar-refractivity contribution in [1.82, 2.24) is 5.32 Å². The Morgan fingerprint density at radius 2 is 1.65 bits per heavy atom. The summed E-state index contributed by atoms with van der Waals surface area (Å²) in [5, 5.41) is 3.20. The highest BCUT2D eigenvalue weighted by Gasteiger charge is 2.54. The van der Waals surface area contributed by atoms with Gasteiger partial charge in [0.25, 0.3) is 0 Å². The Morgan fingerprint density at radius 3 is 2.12 bits per heavy atom. The van der Waals surface area contributed by atoms with Gasteiger partial charge >= 0.3 is 0 Å². The van der Waals surface area contributed by atoms with Crippen LogP contribution in [0.1, 0.15) is 66.7 Å². The zero-order chi connectivity index (χ0) is 12.9. The van der Waals surface area contributed by atoms with Gasteiger partial charge < -0.3 is 5.32 Å². The third-order valence-electron chi connectivity index (χ3n) is 4.61. The van der Waals surface area contributed by atoms with Crippen molar-refractivity contribution in [3.05, 3.63) is 0 Å². The number of rotatable bonds is 1. The molecule has 2 aliphatic rings. The van der Waals surface area contributed by atoms with E-state index in [1.165, 1.54) is 19.3 Å². The fraction of sp³-hybridized carbons (Fsp3) is 0.933. The van der Waals surface area contributed by atoms with E-state index < -0.39 is 0 Å². The van der Waals surface area contributed by atoms with E-state index in [4.69, 9.17) is 0 Å². The molecule has 2 rings (SSSR count). The van der Waals surface area contributed by atoms with E-state index in [2.05, 4.69) is 39.9 Å². The summed E-state index contributed by atoms with van der Waals surface area (Å²) in [5.74, 6) is 0.269. The van der Waals surface area contributed by atoms with Crippen molar-refractivity contribution in [3.63, 3.8) is 0 Å². The molecule has 1 unspecified atom stereocenters. The lowest BCUT2D eigenvalue weighted by Gasteiger charge is -2.52. The van der Waals surface area contributed by atoms with E-state index in [9.17, 15) is 4.79 Å². The highest BCUT2D eigenvalue weighted by Crippen LogP contribution is 2.58. The maximum absolute atomic E-state index is 11.8. The van der Waals surface area contributed by atoms with E-state index in [1.54, 1.807) is 0 Å². The molecule has 1 heterocycles. The summed E-state index contributed by atoms with van der Waals surface area (Å²) in [7, 11) is 0. The molecule has 1 saturated heterocycles. The van der Waals surface area contributed by atoms with Gasteiger partial charge in [0.2, 0.25) is 5.91 Å². The molecule has 17 heavy (non-hydrogen) atoms. The van der Waals surface area contributed by atoms with Crippen molar-refractivity contribution in [1.29, 1.82) is 0 Å². The smallest absolute Gasteiger partial charge is 0.220 e. The van der Waals surface area contributed by atoms with Gasteiger partial charge in [0.1, 0.15) is 0 Å². The molecule has 1 saturated carbocycles. The molecular formula is C15H27NO. The highest BCUT2D eigenvalue weighted by atomic mass is 16.2. The van der Waals surface area contributed by atoms with Gasteiger partial charge in [-0.1, -0.05) is 34.6 Å². The number of hydrogen-bond acceptors (Lipinski definition) is 1. The monoisotopic (exact) mass is 237 g/mol. The molecule has 1 spiro atoms. The summed E-state index contributed by atoms with van der Waals surface area (Å²) < 4.78 is 0. The van der Waals surface area contributed by atoms with Crippen LogP contribution in [-0.2, 0) is 4.79 Å². The molecule has 0 bridgehead atoms. The molecule has 0 aromatic carbocycles. The van der Waals surface area contributed by atoms with Gasteiger partial charge in [-0.3, -0.25) is 4.79 Å². The van der Waals surface area contributed by atoms with Crippen LogP contribution in [0.5, 0.6) is 0 Å². The lowest BCUT2D eigenvalue weighted by Crippen LogP contribution is -2.47. The van der Waals surface area contributed by atoms with E-state index in [0.29, 0.717) is 16.9 Å². The van der Waals surface area contributed by atoms with Crippen molar-refractivity contribution in [2.75, 3.05) is 0 Å². The van der Waals surface area contributed by atoms with Crippen LogP contribution in [0.3, 0.4) is 0 Å². The van der Waals surface area contributed by atoms with Crippen molar-refractivity contribution >= 4 is 5.91 Å². The number of hydrogen-bond donors (Lipinski definition) is 1. The molecule has 0 aromatic heterocycles. The molecule has 1 amide bonds. The second-order valence-electron chi connectivity index (χ2n) is 7.93. The van der Waals surface area contributed by atoms with E-state index in [-0.39, 0.29) is 11.3 Å². The maximum atomic E-state index is 11.8. The minimum absolute atomic E-state index is 0.219. The maximum Gasteiger partial charge on any atom is 0.220 e. The number of amides is 1. The van der Waals surface area contributed by atoms with Crippen molar-refractivity contribution in [3.8, 4) is 0 Å². The zero-order valence-corrected chi connectivity index (χ0v) is 12.0. The third-order valence-corrected chi connectivity index (χ3v) is 4.61. The van der Waals surface area contributed by atoms with Crippen LogP contribution in [0.15, 0.2) is 0 Å². The summed E-state index contributed by atoms with van der Waals surface area (Å²) in [5.41, 5.74) is 0.944. The molecule has 0 radical (unpaired) electrons. The zero-order valence-electron chi connectivity index (χ0n) is 12.0. The van der Waals surface area contributed by atoms with Gasteiger partial charge in [-0.2, -0.15) is 0 Å². The van der Waals surface area contributed by atoms with Crippen LogP contribution in [0.25, 0.3) is 0 Å². The van der Waals surface area contributed by atoms with E-state index >= 15 is 0 Å². The molecular weight excluding hydrogens is 210 g/mol. The van der Waals surface area contributed by atoms with Gasteiger partial charge in [-0.15, -0.1) is 0 Å². The van der Waals surface area contributed by atoms with Crippen molar-refractivity contribution < 1.29 is 4.79 Å². The summed E-state index contributed by atoms with van der Waals surface area (Å²) in [4.78, 5) is 11.8. The Labute approximate surface area is 106 Å². The molecule has 2 fully saturated rings. The largest absolute Gasteiger partial charge is 0.353 e. The first-order valence-corrected chi connectivity index (χ1v) is 6.98. The minimum atomic E-state index is 0.219. The molecule has 1 atom stereocenters. The quantitative estimate of drug-likeness (QED) is 0.743. The van der Waals surface area contributed by atoms with Crippen LogP contribution in [0, 0.1) is 16.2 Å². The lowest BCUT2D eigenvalue weighted by atomic mass is 9.53. The highest BCUT2D eigenvalue weighted by molar-refractivity contribution is 5.80. The van der Waals surface area contributed by atoms with Crippen LogP contribution >= 0.6 is 0 Å². The van der Waals surface area contributed by atoms with Gasteiger partial charge in [0.05, 0.1) is 0 Å². The van der Waals surface area contributed by atoms with Crippen molar-refractivity contribution in [2.24, 2.45) is 16.2 Å². The minimum Gasteiger partial charge on any atom is -0.353 e. The normalized spacial score (nSPS) is 33.7. The summed E-state index contributed by atoms with van der Waals surface area (Å²) in [6.07, 6.45) is 5.48. The average Bonchev–Trinajstić information content (AvgIpc) is 2.34. The Kier molecular flexibility index (Phi) is 2.83. The Morgan fingerprint density at radius 1 is 1.12 bits per heavy atom. The van der Waals surface area contributed by atoms with Crippen molar-refractivity contribution in [2.45, 2.75) is 72.8 Å². The third kappa shape index (κ3) is 2.36. The number of nitrogens with one attached hydrogen (secondary N) is 1. The Balaban J connectivity index is 2.33. The first-order chi connectivity index (χ1) is 7.68. The first-order valence-electron chi connectivity index (χ1n) is 6.98. The van der Waals surface area contributed by atoms with Gasteiger partial charge in [-0.05, 0) is 36.5 Å². The fourth-order valence-electron chi connectivity index (χ4n) is 5.14.